The van der Waals surface area contributed by atoms with E-state index >= 15 is 0 Å². The maximum Gasteiger partial charge on any atom is 0.310 e. The van der Waals surface area contributed by atoms with E-state index in [9.17, 15) is 19.7 Å². The van der Waals surface area contributed by atoms with Gasteiger partial charge in [0.05, 0.1) is 11.5 Å². The maximum atomic E-state index is 12.6. The summed E-state index contributed by atoms with van der Waals surface area (Å²) in [5, 5.41) is 13.8. The predicted molar refractivity (Wildman–Crippen MR) is 117 cm³/mol. The minimum atomic E-state index is -0.958. The molecule has 32 heavy (non-hydrogen) atoms. The zero-order valence-electron chi connectivity index (χ0n) is 17.3. The first-order valence-electron chi connectivity index (χ1n) is 9.74. The number of primary amides is 1. The molecule has 0 aliphatic carbocycles. The molecule has 2 rings (SSSR count). The molecule has 12 nitrogen and oxygen atoms in total. The van der Waals surface area contributed by atoms with Crippen LogP contribution in [0.15, 0.2) is 47.6 Å². The Hall–Kier alpha value is -4.22. The minimum Gasteiger partial charge on any atom is -0.486 e. The van der Waals surface area contributed by atoms with E-state index in [-0.39, 0.29) is 42.5 Å². The Bertz CT molecular complexity index is 978. The lowest BCUT2D eigenvalue weighted by Crippen LogP contribution is -2.44. The second kappa shape index (κ2) is 11.8. The molecule has 0 bridgehead atoms. The Balaban J connectivity index is 2.07. The van der Waals surface area contributed by atoms with Gasteiger partial charge < -0.3 is 27.3 Å². The van der Waals surface area contributed by atoms with Gasteiger partial charge in [-0.2, -0.15) is 0 Å². The van der Waals surface area contributed by atoms with Crippen LogP contribution in [-0.2, 0) is 11.2 Å². The zero-order valence-corrected chi connectivity index (χ0v) is 17.3. The summed E-state index contributed by atoms with van der Waals surface area (Å²) in [6.45, 7) is 0.394. The van der Waals surface area contributed by atoms with Crippen LogP contribution in [0, 0.1) is 10.1 Å². The van der Waals surface area contributed by atoms with Crippen molar-refractivity contribution >= 4 is 23.5 Å². The highest BCUT2D eigenvalue weighted by molar-refractivity contribution is 5.98. The zero-order chi connectivity index (χ0) is 23.5. The topological polar surface area (TPSA) is 202 Å². The quantitative estimate of drug-likeness (QED) is 0.117. The second-order valence-corrected chi connectivity index (χ2v) is 6.74. The van der Waals surface area contributed by atoms with E-state index in [1.54, 1.807) is 18.3 Å². The maximum absolute atomic E-state index is 12.6. The lowest BCUT2D eigenvalue weighted by Gasteiger charge is -2.15. The van der Waals surface area contributed by atoms with E-state index in [0.29, 0.717) is 12.8 Å². The molecule has 2 aromatic rings. The number of nitro benzene ring substituents is 1. The lowest BCUT2D eigenvalue weighted by molar-refractivity contribution is -0.385. The summed E-state index contributed by atoms with van der Waals surface area (Å²) in [7, 11) is 0. The molecule has 0 unspecified atom stereocenters. The summed E-state index contributed by atoms with van der Waals surface area (Å²) in [4.78, 5) is 43.0. The number of amides is 2. The first-order chi connectivity index (χ1) is 15.3. The fourth-order valence-corrected chi connectivity index (χ4v) is 2.76. The summed E-state index contributed by atoms with van der Waals surface area (Å²) in [5.74, 6) is -1.50. The molecular weight excluding hydrogens is 418 g/mol. The number of pyridine rings is 1. The van der Waals surface area contributed by atoms with Gasteiger partial charge in [-0.15, -0.1) is 0 Å². The van der Waals surface area contributed by atoms with Crippen molar-refractivity contribution in [3.8, 4) is 5.75 Å². The number of benzene rings is 1. The highest BCUT2D eigenvalue weighted by atomic mass is 16.6. The summed E-state index contributed by atoms with van der Waals surface area (Å²) >= 11 is 0. The van der Waals surface area contributed by atoms with Crippen molar-refractivity contribution in [2.75, 3.05) is 13.2 Å². The Labute approximate surface area is 184 Å². The largest absolute Gasteiger partial charge is 0.486 e. The van der Waals surface area contributed by atoms with Crippen LogP contribution >= 0.6 is 0 Å². The first-order valence-corrected chi connectivity index (χ1v) is 9.74. The van der Waals surface area contributed by atoms with Crippen LogP contribution < -0.4 is 27.3 Å². The summed E-state index contributed by atoms with van der Waals surface area (Å²) in [5.41, 5.74) is 16.4. The molecule has 170 valence electrons. The van der Waals surface area contributed by atoms with Crippen molar-refractivity contribution < 1.29 is 19.2 Å². The molecule has 0 aliphatic heterocycles. The number of nitro groups is 1. The standard InChI is InChI=1S/C20H25N7O5/c21-18(28)15(5-3-10-25-20(22)23)26-19(29)13-6-7-16(27(30)31)17(12-13)32-11-8-14-4-1-2-9-24-14/h1-2,4,6-7,9,12,15H,3,5,8,10-11H2,(H2,21,28)(H,26,29)(H4,22,23,25)/t15-/m0/s1. The van der Waals surface area contributed by atoms with Crippen LogP contribution in [0.4, 0.5) is 5.69 Å². The number of nitrogens with two attached hydrogens (primary N) is 3. The predicted octanol–water partition coefficient (Wildman–Crippen LogP) is 0.249. The molecule has 1 heterocycles. The van der Waals surface area contributed by atoms with Crippen LogP contribution in [0.2, 0.25) is 0 Å². The van der Waals surface area contributed by atoms with E-state index in [1.165, 1.54) is 18.2 Å². The number of rotatable bonds is 12. The van der Waals surface area contributed by atoms with Gasteiger partial charge in [0.15, 0.2) is 11.7 Å². The van der Waals surface area contributed by atoms with Crippen molar-refractivity contribution in [1.29, 1.82) is 0 Å². The van der Waals surface area contributed by atoms with Crippen LogP contribution in [0.5, 0.6) is 5.75 Å². The molecule has 0 aliphatic rings. The Morgan fingerprint density at radius 2 is 2.00 bits per heavy atom. The number of aromatic nitrogens is 1. The van der Waals surface area contributed by atoms with Crippen molar-refractivity contribution in [3.63, 3.8) is 0 Å². The molecule has 0 radical (unpaired) electrons. The Morgan fingerprint density at radius 3 is 2.62 bits per heavy atom. The molecule has 0 spiro atoms. The van der Waals surface area contributed by atoms with Gasteiger partial charge in [0.25, 0.3) is 5.91 Å². The number of carbonyl (C=O) groups excluding carboxylic acids is 2. The van der Waals surface area contributed by atoms with Crippen molar-refractivity contribution in [3.05, 3.63) is 64.0 Å². The van der Waals surface area contributed by atoms with Gasteiger partial charge >= 0.3 is 5.69 Å². The summed E-state index contributed by atoms with van der Waals surface area (Å²) in [6, 6.07) is 8.14. The number of guanidine groups is 1. The molecule has 2 amide bonds. The van der Waals surface area contributed by atoms with Gasteiger partial charge in [-0.1, -0.05) is 6.07 Å². The third kappa shape index (κ3) is 7.55. The lowest BCUT2D eigenvalue weighted by atomic mass is 10.1. The van der Waals surface area contributed by atoms with Crippen molar-refractivity contribution in [1.82, 2.24) is 10.3 Å². The van der Waals surface area contributed by atoms with E-state index in [4.69, 9.17) is 21.9 Å². The van der Waals surface area contributed by atoms with Gasteiger partial charge in [-0.25, -0.2) is 0 Å². The highest BCUT2D eigenvalue weighted by Gasteiger charge is 2.22. The smallest absolute Gasteiger partial charge is 0.310 e. The number of nitrogens with zero attached hydrogens (tertiary/aromatic N) is 3. The van der Waals surface area contributed by atoms with Crippen molar-refractivity contribution in [2.45, 2.75) is 25.3 Å². The van der Waals surface area contributed by atoms with E-state index < -0.39 is 22.8 Å². The third-order valence-electron chi connectivity index (χ3n) is 4.35. The number of hydrogen-bond acceptors (Lipinski definition) is 7. The minimum absolute atomic E-state index is 0.0676. The van der Waals surface area contributed by atoms with Gasteiger partial charge in [0.1, 0.15) is 6.04 Å². The Kier molecular flexibility index (Phi) is 8.90. The number of nitrogens with one attached hydrogen (secondary N) is 1. The normalized spacial score (nSPS) is 11.2. The average Bonchev–Trinajstić information content (AvgIpc) is 2.75. The molecule has 0 saturated carbocycles. The van der Waals surface area contributed by atoms with Gasteiger partial charge in [-0.3, -0.25) is 29.7 Å². The second-order valence-electron chi connectivity index (χ2n) is 6.74. The summed E-state index contributed by atoms with van der Waals surface area (Å²) in [6.07, 6.45) is 2.69. The molecule has 1 atom stereocenters. The summed E-state index contributed by atoms with van der Waals surface area (Å²) < 4.78 is 5.56. The fourth-order valence-electron chi connectivity index (χ4n) is 2.76. The number of aliphatic imine (C=N–C) groups is 1. The van der Waals surface area contributed by atoms with E-state index in [0.717, 1.165) is 5.69 Å². The van der Waals surface area contributed by atoms with E-state index in [2.05, 4.69) is 15.3 Å². The molecule has 12 heteroatoms. The number of ether oxygens (including phenoxy) is 1. The molecule has 7 N–H and O–H groups in total. The van der Waals surface area contributed by atoms with Crippen molar-refractivity contribution in [2.24, 2.45) is 22.2 Å². The van der Waals surface area contributed by atoms with Crippen LogP contribution in [-0.4, -0.2) is 46.9 Å². The number of carbonyl (C=O) groups is 2. The van der Waals surface area contributed by atoms with Gasteiger partial charge in [-0.05, 0) is 31.0 Å². The highest BCUT2D eigenvalue weighted by Crippen LogP contribution is 2.28. The number of hydrogen-bond donors (Lipinski definition) is 4. The third-order valence-corrected chi connectivity index (χ3v) is 4.35. The molecule has 0 saturated heterocycles. The first kappa shape index (κ1) is 24.1. The molecular formula is C20H25N7O5. The SMILES string of the molecule is NC(=O)[C@H](CCCN=C(N)N)NC(=O)c1ccc([N+](=O)[O-])c(OCCc2ccccn2)c1. The molecule has 0 fully saturated rings. The fraction of sp³-hybridized carbons (Fsp3) is 0.300. The van der Waals surface area contributed by atoms with E-state index in [1.807, 2.05) is 6.07 Å². The van der Waals surface area contributed by atoms with Crippen LogP contribution in [0.3, 0.4) is 0 Å². The van der Waals surface area contributed by atoms with Gasteiger partial charge in [0.2, 0.25) is 5.91 Å². The molecule has 1 aromatic carbocycles. The average molecular weight is 443 g/mol. The monoisotopic (exact) mass is 443 g/mol. The molecule has 1 aromatic heterocycles. The van der Waals surface area contributed by atoms with Crippen LogP contribution in [0.1, 0.15) is 28.9 Å². The van der Waals surface area contributed by atoms with Crippen LogP contribution in [0.25, 0.3) is 0 Å². The van der Waals surface area contributed by atoms with Gasteiger partial charge in [0, 0.05) is 42.6 Å². The Morgan fingerprint density at radius 1 is 1.22 bits per heavy atom.